The summed E-state index contributed by atoms with van der Waals surface area (Å²) < 4.78 is 16.9. The molecular formula is C18H38O9. The molecule has 0 radical (unpaired) electrons. The van der Waals surface area contributed by atoms with Gasteiger partial charge >= 0.3 is 0 Å². The quantitative estimate of drug-likeness (QED) is 0.142. The van der Waals surface area contributed by atoms with Gasteiger partial charge in [-0.3, -0.25) is 0 Å². The second-order valence-electron chi connectivity index (χ2n) is 6.71. The Morgan fingerprint density at radius 1 is 0.481 bits per heavy atom. The lowest BCUT2D eigenvalue weighted by molar-refractivity contribution is -0.0860. The van der Waals surface area contributed by atoms with Crippen LogP contribution < -0.4 is 0 Å². The van der Waals surface area contributed by atoms with Crippen LogP contribution in [0.3, 0.4) is 0 Å². The fourth-order valence-corrected chi connectivity index (χ4v) is 2.38. The molecule has 0 rings (SSSR count). The summed E-state index contributed by atoms with van der Waals surface area (Å²) >= 11 is 0. The second kappa shape index (κ2) is 19.0. The largest absolute Gasteiger partial charge is 0.396 e. The molecule has 0 heterocycles. The smallest absolute Gasteiger partial charge is 0.104 e. The number of aliphatic hydroxyl groups is 6. The summed E-state index contributed by atoms with van der Waals surface area (Å²) in [7, 11) is 0. The summed E-state index contributed by atoms with van der Waals surface area (Å²) in [6.07, 6.45) is 0.901. The Morgan fingerprint density at radius 3 is 1.19 bits per heavy atom. The number of hydrogen-bond acceptors (Lipinski definition) is 9. The van der Waals surface area contributed by atoms with E-state index in [0.717, 1.165) is 0 Å². The Morgan fingerprint density at radius 2 is 0.852 bits per heavy atom. The van der Waals surface area contributed by atoms with Crippen molar-refractivity contribution in [3.05, 3.63) is 0 Å². The van der Waals surface area contributed by atoms with Crippen LogP contribution in [0.15, 0.2) is 0 Å². The summed E-state index contributed by atoms with van der Waals surface area (Å²) in [4.78, 5) is 0. The van der Waals surface area contributed by atoms with E-state index in [1.54, 1.807) is 0 Å². The molecule has 164 valence electrons. The lowest BCUT2D eigenvalue weighted by Crippen LogP contribution is -2.31. The van der Waals surface area contributed by atoms with Gasteiger partial charge in [-0.1, -0.05) is 0 Å². The highest BCUT2D eigenvalue weighted by molar-refractivity contribution is 4.63. The molecule has 3 atom stereocenters. The minimum absolute atomic E-state index is 0.0234. The van der Waals surface area contributed by atoms with Crippen LogP contribution in [0.1, 0.15) is 19.3 Å². The second-order valence-corrected chi connectivity index (χ2v) is 6.71. The van der Waals surface area contributed by atoms with Crippen molar-refractivity contribution in [1.82, 2.24) is 0 Å². The van der Waals surface area contributed by atoms with Crippen LogP contribution in [0.4, 0.5) is 0 Å². The maximum atomic E-state index is 9.29. The Balaban J connectivity index is 4.41. The van der Waals surface area contributed by atoms with Crippen molar-refractivity contribution in [2.75, 3.05) is 72.7 Å². The molecule has 9 nitrogen and oxygen atoms in total. The third-order valence-electron chi connectivity index (χ3n) is 4.27. The molecule has 0 fully saturated rings. The van der Waals surface area contributed by atoms with Gasteiger partial charge in [-0.15, -0.1) is 0 Å². The molecule has 0 spiro atoms. The van der Waals surface area contributed by atoms with Gasteiger partial charge < -0.3 is 44.8 Å². The van der Waals surface area contributed by atoms with Gasteiger partial charge in [0.05, 0.1) is 33.0 Å². The van der Waals surface area contributed by atoms with Crippen LogP contribution in [0.5, 0.6) is 0 Å². The molecule has 0 saturated heterocycles. The maximum absolute atomic E-state index is 9.29. The number of ether oxygens (including phenoxy) is 3. The summed E-state index contributed by atoms with van der Waals surface area (Å²) in [6, 6.07) is 0. The van der Waals surface area contributed by atoms with Crippen LogP contribution in [0, 0.1) is 17.8 Å². The predicted molar refractivity (Wildman–Crippen MR) is 98.2 cm³/mol. The van der Waals surface area contributed by atoms with E-state index in [9.17, 15) is 15.3 Å². The SMILES string of the molecule is OCCC(CO)COCC(COCC(CO)CCO)OCC(CO)CCO. The topological polar surface area (TPSA) is 149 Å². The van der Waals surface area contributed by atoms with Crippen LogP contribution in [0.25, 0.3) is 0 Å². The minimum Gasteiger partial charge on any atom is -0.396 e. The van der Waals surface area contributed by atoms with Gasteiger partial charge in [0.1, 0.15) is 6.10 Å². The van der Waals surface area contributed by atoms with Gasteiger partial charge in [0, 0.05) is 57.4 Å². The van der Waals surface area contributed by atoms with Crippen LogP contribution in [-0.2, 0) is 14.2 Å². The lowest BCUT2D eigenvalue weighted by Gasteiger charge is -2.23. The highest BCUT2D eigenvalue weighted by Crippen LogP contribution is 2.09. The molecule has 0 amide bonds. The van der Waals surface area contributed by atoms with Gasteiger partial charge in [0.2, 0.25) is 0 Å². The van der Waals surface area contributed by atoms with E-state index in [0.29, 0.717) is 19.3 Å². The molecule has 27 heavy (non-hydrogen) atoms. The van der Waals surface area contributed by atoms with Crippen LogP contribution in [-0.4, -0.2) is 109 Å². The van der Waals surface area contributed by atoms with Crippen LogP contribution >= 0.6 is 0 Å². The van der Waals surface area contributed by atoms with Crippen molar-refractivity contribution in [3.63, 3.8) is 0 Å². The monoisotopic (exact) mass is 398 g/mol. The molecule has 6 N–H and O–H groups in total. The summed E-state index contributed by atoms with van der Waals surface area (Å²) in [5, 5.41) is 54.6. The number of hydrogen-bond donors (Lipinski definition) is 6. The van der Waals surface area contributed by atoms with E-state index in [1.165, 1.54) is 0 Å². The maximum Gasteiger partial charge on any atom is 0.104 e. The average molecular weight is 398 g/mol. The van der Waals surface area contributed by atoms with Gasteiger partial charge in [-0.2, -0.15) is 0 Å². The van der Waals surface area contributed by atoms with E-state index >= 15 is 0 Å². The van der Waals surface area contributed by atoms with E-state index in [1.807, 2.05) is 0 Å². The summed E-state index contributed by atoms with van der Waals surface area (Å²) in [5.74, 6) is -0.490. The summed E-state index contributed by atoms with van der Waals surface area (Å²) in [6.45, 7) is 0.888. The zero-order chi connectivity index (χ0) is 20.3. The van der Waals surface area contributed by atoms with Gasteiger partial charge in [-0.25, -0.2) is 0 Å². The molecule has 0 bridgehead atoms. The van der Waals surface area contributed by atoms with Crippen molar-refractivity contribution in [2.45, 2.75) is 25.4 Å². The van der Waals surface area contributed by atoms with Crippen molar-refractivity contribution in [2.24, 2.45) is 17.8 Å². The van der Waals surface area contributed by atoms with Crippen molar-refractivity contribution in [1.29, 1.82) is 0 Å². The van der Waals surface area contributed by atoms with Crippen molar-refractivity contribution >= 4 is 0 Å². The fraction of sp³-hybridized carbons (Fsp3) is 1.00. The Labute approximate surface area is 161 Å². The zero-order valence-corrected chi connectivity index (χ0v) is 16.1. The Hall–Kier alpha value is -0.360. The number of aliphatic hydroxyl groups excluding tert-OH is 6. The first-order chi connectivity index (χ1) is 13.1. The highest BCUT2D eigenvalue weighted by Gasteiger charge is 2.17. The first-order valence-electron chi connectivity index (χ1n) is 9.57. The summed E-state index contributed by atoms with van der Waals surface area (Å²) in [5.41, 5.74) is 0. The first kappa shape index (κ1) is 26.6. The lowest BCUT2D eigenvalue weighted by atomic mass is 10.1. The third-order valence-corrected chi connectivity index (χ3v) is 4.27. The number of rotatable bonds is 20. The first-order valence-corrected chi connectivity index (χ1v) is 9.57. The molecule has 0 saturated carbocycles. The highest BCUT2D eigenvalue weighted by atomic mass is 16.6. The predicted octanol–water partition coefficient (Wildman–Crippen LogP) is -1.62. The molecule has 0 aliphatic carbocycles. The molecule has 3 unspecified atom stereocenters. The minimum atomic E-state index is -0.417. The van der Waals surface area contributed by atoms with Gasteiger partial charge in [0.15, 0.2) is 0 Å². The van der Waals surface area contributed by atoms with E-state index in [-0.39, 0.29) is 90.4 Å². The average Bonchev–Trinajstić information content (AvgIpc) is 2.68. The molecule has 0 aromatic rings. The third kappa shape index (κ3) is 14.3. The van der Waals surface area contributed by atoms with Gasteiger partial charge in [0.25, 0.3) is 0 Å². The molecule has 9 heteroatoms. The Kier molecular flexibility index (Phi) is 18.7. The van der Waals surface area contributed by atoms with E-state index in [4.69, 9.17) is 29.5 Å². The van der Waals surface area contributed by atoms with Crippen molar-refractivity contribution in [3.8, 4) is 0 Å². The van der Waals surface area contributed by atoms with E-state index in [2.05, 4.69) is 0 Å². The van der Waals surface area contributed by atoms with Crippen molar-refractivity contribution < 1.29 is 44.8 Å². The van der Waals surface area contributed by atoms with Crippen LogP contribution in [0.2, 0.25) is 0 Å². The molecule has 0 aliphatic rings. The zero-order valence-electron chi connectivity index (χ0n) is 16.1. The molecular weight excluding hydrogens is 360 g/mol. The normalized spacial score (nSPS) is 16.2. The standard InChI is InChI=1S/C18H38O9/c19-4-1-15(7-22)10-25-13-18(27-12-17(9-24)3-6-21)14-26-11-16(8-23)2-5-20/h15-24H,1-14H2. The fourth-order valence-electron chi connectivity index (χ4n) is 2.38. The van der Waals surface area contributed by atoms with Gasteiger partial charge in [-0.05, 0) is 19.3 Å². The Bertz CT molecular complexity index is 287. The van der Waals surface area contributed by atoms with E-state index < -0.39 is 6.10 Å². The molecule has 0 aromatic heterocycles. The molecule has 0 aromatic carbocycles. The molecule has 0 aliphatic heterocycles.